The van der Waals surface area contributed by atoms with Gasteiger partial charge in [-0.25, -0.2) is 4.39 Å². The van der Waals surface area contributed by atoms with Crippen molar-refractivity contribution in [3.8, 4) is 5.75 Å². The molecule has 0 aliphatic rings. The van der Waals surface area contributed by atoms with Crippen molar-refractivity contribution in [3.05, 3.63) is 69.2 Å². The minimum absolute atomic E-state index is 0.0115. The van der Waals surface area contributed by atoms with Gasteiger partial charge in [-0.2, -0.15) is 0 Å². The first kappa shape index (κ1) is 25.4. The fourth-order valence-corrected chi connectivity index (χ4v) is 3.97. The van der Waals surface area contributed by atoms with Gasteiger partial charge in [0, 0.05) is 18.7 Å². The molecule has 0 saturated carbocycles. The van der Waals surface area contributed by atoms with E-state index in [1.165, 1.54) is 54.2 Å². The van der Waals surface area contributed by atoms with Gasteiger partial charge in [0.25, 0.3) is 5.69 Å². The number of nitrogens with one attached hydrogen (secondary N) is 1. The van der Waals surface area contributed by atoms with Crippen LogP contribution in [0.15, 0.2) is 47.6 Å². The Kier molecular flexibility index (Phi) is 8.46. The summed E-state index contributed by atoms with van der Waals surface area (Å²) in [6, 6.07) is 9.53. The number of thioether (sulfide) groups is 1. The molecular weight excluding hydrogens is 485 g/mol. The van der Waals surface area contributed by atoms with Gasteiger partial charge in [0.2, 0.25) is 5.91 Å². The monoisotopic (exact) mass is 507 g/mol. The van der Waals surface area contributed by atoms with Gasteiger partial charge in [0.15, 0.2) is 17.1 Å². The van der Waals surface area contributed by atoms with E-state index < -0.39 is 16.9 Å². The number of carbonyl (C=O) groups is 1. The van der Waals surface area contributed by atoms with Crippen molar-refractivity contribution in [2.45, 2.75) is 38.6 Å². The fraction of sp³-hybridized carbons (Fsp3) is 0.318. The van der Waals surface area contributed by atoms with Gasteiger partial charge in [0.1, 0.15) is 11.6 Å². The van der Waals surface area contributed by atoms with Crippen LogP contribution in [0.25, 0.3) is 0 Å². The lowest BCUT2D eigenvalue weighted by atomic mass is 10.2. The van der Waals surface area contributed by atoms with E-state index in [2.05, 4.69) is 15.5 Å². The zero-order valence-corrected chi connectivity index (χ0v) is 20.3. The Hall–Kier alpha value is -3.18. The number of nitro benzene ring substituents is 1. The van der Waals surface area contributed by atoms with E-state index in [4.69, 9.17) is 16.3 Å². The zero-order chi connectivity index (χ0) is 24.8. The number of non-ortho nitro benzene ring substituents is 1. The highest BCUT2D eigenvalue weighted by Gasteiger charge is 2.21. The summed E-state index contributed by atoms with van der Waals surface area (Å²) in [4.78, 5) is 22.9. The van der Waals surface area contributed by atoms with Crippen LogP contribution in [0.4, 0.5) is 15.8 Å². The van der Waals surface area contributed by atoms with E-state index in [1.54, 1.807) is 0 Å². The Morgan fingerprint density at radius 1 is 1.24 bits per heavy atom. The minimum Gasteiger partial charge on any atom is -0.483 e. The normalized spacial score (nSPS) is 11.9. The highest BCUT2D eigenvalue weighted by molar-refractivity contribution is 7.99. The third kappa shape index (κ3) is 6.67. The maximum atomic E-state index is 13.2. The molecule has 0 bridgehead atoms. The number of rotatable bonds is 10. The first-order valence-electron chi connectivity index (χ1n) is 10.4. The van der Waals surface area contributed by atoms with Crippen LogP contribution in [0.3, 0.4) is 0 Å². The third-order valence-corrected chi connectivity index (χ3v) is 5.85. The summed E-state index contributed by atoms with van der Waals surface area (Å²) in [5, 5.41) is 22.8. The maximum Gasteiger partial charge on any atom is 0.271 e. The van der Waals surface area contributed by atoms with Crippen LogP contribution in [-0.2, 0) is 11.3 Å². The lowest BCUT2D eigenvalue weighted by Gasteiger charge is -2.17. The Morgan fingerprint density at radius 2 is 1.94 bits per heavy atom. The number of anilines is 1. The third-order valence-electron chi connectivity index (χ3n) is 4.55. The van der Waals surface area contributed by atoms with Crippen LogP contribution < -0.4 is 10.1 Å². The number of benzene rings is 2. The topological polar surface area (TPSA) is 112 Å². The first-order valence-corrected chi connectivity index (χ1v) is 11.7. The molecule has 1 atom stereocenters. The number of ether oxygens (including phenoxy) is 1. The van der Waals surface area contributed by atoms with Crippen LogP contribution in [0, 0.1) is 21.8 Å². The van der Waals surface area contributed by atoms with Crippen molar-refractivity contribution >= 4 is 40.6 Å². The van der Waals surface area contributed by atoms with Crippen molar-refractivity contribution in [2.24, 2.45) is 5.92 Å². The number of carbonyl (C=O) groups excluding carboxylic acids is 1. The molecule has 1 N–H and O–H groups in total. The number of aromatic nitrogens is 3. The zero-order valence-electron chi connectivity index (χ0n) is 18.7. The van der Waals surface area contributed by atoms with Crippen molar-refractivity contribution in [2.75, 3.05) is 11.1 Å². The standard InChI is InChI=1S/C22H23ClFN5O4S/c1-13(2)11-28-21(14(3)33-17-7-4-15(24)5-8-17)26-27-22(28)34-12-20(30)25-19-10-16(29(31)32)6-9-18(19)23/h4-10,13-14H,11-12H2,1-3H3,(H,25,30). The summed E-state index contributed by atoms with van der Waals surface area (Å²) >= 11 is 7.23. The number of nitro groups is 1. The van der Waals surface area contributed by atoms with Crippen LogP contribution in [0.2, 0.25) is 5.02 Å². The molecule has 9 nitrogen and oxygen atoms in total. The lowest BCUT2D eigenvalue weighted by molar-refractivity contribution is -0.384. The van der Waals surface area contributed by atoms with E-state index in [0.717, 1.165) is 0 Å². The first-order chi connectivity index (χ1) is 16.1. The van der Waals surface area contributed by atoms with E-state index >= 15 is 0 Å². The van der Waals surface area contributed by atoms with Crippen molar-refractivity contribution in [1.82, 2.24) is 14.8 Å². The summed E-state index contributed by atoms with van der Waals surface area (Å²) in [6.07, 6.45) is -0.469. The second-order valence-corrected chi connectivity index (χ2v) is 9.17. The predicted molar refractivity (Wildman–Crippen MR) is 128 cm³/mol. The number of amides is 1. The van der Waals surface area contributed by atoms with E-state index in [9.17, 15) is 19.3 Å². The summed E-state index contributed by atoms with van der Waals surface area (Å²) < 4.78 is 20.9. The van der Waals surface area contributed by atoms with Gasteiger partial charge in [-0.15, -0.1) is 10.2 Å². The molecule has 1 unspecified atom stereocenters. The van der Waals surface area contributed by atoms with E-state index in [-0.39, 0.29) is 33.9 Å². The van der Waals surface area contributed by atoms with Crippen LogP contribution in [0.1, 0.15) is 32.7 Å². The van der Waals surface area contributed by atoms with Crippen LogP contribution in [0.5, 0.6) is 5.75 Å². The second kappa shape index (κ2) is 11.3. The van der Waals surface area contributed by atoms with Gasteiger partial charge >= 0.3 is 0 Å². The molecule has 0 aliphatic heterocycles. The van der Waals surface area contributed by atoms with Gasteiger partial charge in [0.05, 0.1) is 21.4 Å². The summed E-state index contributed by atoms with van der Waals surface area (Å²) in [5.74, 6) is 0.570. The average Bonchev–Trinajstić information content (AvgIpc) is 3.17. The van der Waals surface area contributed by atoms with Gasteiger partial charge < -0.3 is 14.6 Å². The molecule has 0 spiro atoms. The Labute approximate surface area is 204 Å². The molecule has 2 aromatic carbocycles. The summed E-state index contributed by atoms with van der Waals surface area (Å²) in [7, 11) is 0. The number of hydrogen-bond acceptors (Lipinski definition) is 7. The van der Waals surface area contributed by atoms with Gasteiger partial charge in [-0.05, 0) is 43.2 Å². The molecule has 3 rings (SSSR count). The Balaban J connectivity index is 1.71. The number of halogens is 2. The molecule has 12 heteroatoms. The summed E-state index contributed by atoms with van der Waals surface area (Å²) in [6.45, 7) is 6.50. The molecule has 0 saturated heterocycles. The molecular formula is C22H23ClFN5O4S. The minimum atomic E-state index is -0.564. The van der Waals surface area contributed by atoms with Crippen molar-refractivity contribution in [3.63, 3.8) is 0 Å². The highest BCUT2D eigenvalue weighted by atomic mass is 35.5. The molecule has 0 radical (unpaired) electrons. The maximum absolute atomic E-state index is 13.2. The van der Waals surface area contributed by atoms with Crippen molar-refractivity contribution < 1.29 is 18.8 Å². The largest absolute Gasteiger partial charge is 0.483 e. The van der Waals surface area contributed by atoms with Gasteiger partial charge in [-0.3, -0.25) is 14.9 Å². The molecule has 3 aromatic rings. The van der Waals surface area contributed by atoms with E-state index in [0.29, 0.717) is 23.3 Å². The second-order valence-electron chi connectivity index (χ2n) is 7.82. The average molecular weight is 508 g/mol. The van der Waals surface area contributed by atoms with Gasteiger partial charge in [-0.1, -0.05) is 37.2 Å². The lowest BCUT2D eigenvalue weighted by Crippen LogP contribution is -2.17. The van der Waals surface area contributed by atoms with E-state index in [1.807, 2.05) is 25.3 Å². The molecule has 0 fully saturated rings. The fourth-order valence-electron chi connectivity index (χ4n) is 3.05. The highest BCUT2D eigenvalue weighted by Crippen LogP contribution is 2.28. The quantitative estimate of drug-likeness (QED) is 0.219. The van der Waals surface area contributed by atoms with Crippen LogP contribution in [-0.4, -0.2) is 31.3 Å². The van der Waals surface area contributed by atoms with Crippen LogP contribution >= 0.6 is 23.4 Å². The molecule has 0 aliphatic carbocycles. The molecule has 1 aromatic heterocycles. The van der Waals surface area contributed by atoms with Crippen molar-refractivity contribution in [1.29, 1.82) is 0 Å². The molecule has 1 amide bonds. The summed E-state index contributed by atoms with van der Waals surface area (Å²) in [5.41, 5.74) is -0.0177. The predicted octanol–water partition coefficient (Wildman–Crippen LogP) is 5.51. The Bertz CT molecular complexity index is 1170. The molecule has 180 valence electrons. The number of nitrogens with zero attached hydrogens (tertiary/aromatic N) is 4. The number of hydrogen-bond donors (Lipinski definition) is 1. The molecule has 34 heavy (non-hydrogen) atoms. The smallest absolute Gasteiger partial charge is 0.271 e. The Morgan fingerprint density at radius 3 is 2.59 bits per heavy atom. The molecule has 1 heterocycles. The SMILES string of the molecule is CC(C)Cn1c(SCC(=O)Nc2cc([N+](=O)[O-])ccc2Cl)nnc1C(C)Oc1ccc(F)cc1.